The Morgan fingerprint density at radius 2 is 0.565 bits per heavy atom. The molecule has 0 N–H and O–H groups in total. The molecule has 10 aromatic carbocycles. The van der Waals surface area contributed by atoms with Crippen molar-refractivity contribution >= 4 is 88.0 Å². The molecule has 0 bridgehead atoms. The fourth-order valence-corrected chi connectivity index (χ4v) is 11.3. The molecule has 10 aromatic rings. The normalized spacial score (nSPS) is 14.8. The Morgan fingerprint density at radius 3 is 0.952 bits per heavy atom. The van der Waals surface area contributed by atoms with E-state index in [0.29, 0.717) is 11.8 Å². The molecule has 2 fully saturated rings. The first kappa shape index (κ1) is 36.9. The van der Waals surface area contributed by atoms with Gasteiger partial charge in [-0.1, -0.05) is 147 Å². The van der Waals surface area contributed by atoms with Crippen LogP contribution in [0.2, 0.25) is 0 Å². The Hall–Kier alpha value is -6.90. The van der Waals surface area contributed by atoms with Gasteiger partial charge in [0.15, 0.2) is 0 Å². The lowest BCUT2D eigenvalue weighted by Crippen LogP contribution is -2.10. The number of benzene rings is 10. The first-order valence-corrected chi connectivity index (χ1v) is 22.9. The van der Waals surface area contributed by atoms with Gasteiger partial charge in [-0.05, 0) is 175 Å². The lowest BCUT2D eigenvalue weighted by atomic mass is 9.87. The number of anilines is 6. The van der Waals surface area contributed by atoms with Gasteiger partial charge in [0, 0.05) is 34.1 Å². The lowest BCUT2D eigenvalue weighted by Gasteiger charge is -2.27. The zero-order valence-corrected chi connectivity index (χ0v) is 35.2. The minimum atomic E-state index is 0.688. The number of fused-ring (bicyclic) bond motifs is 11. The van der Waals surface area contributed by atoms with Gasteiger partial charge in [-0.15, -0.1) is 0 Å². The largest absolute Gasteiger partial charge is 0.310 e. The monoisotopic (exact) mass is 798 g/mol. The van der Waals surface area contributed by atoms with Crippen LogP contribution >= 0.6 is 0 Å². The Kier molecular flexibility index (Phi) is 9.25. The Labute approximate surface area is 364 Å². The van der Waals surface area contributed by atoms with E-state index in [1.807, 2.05) is 0 Å². The molecule has 2 nitrogen and oxygen atoms in total. The SMILES string of the molecule is c1ccc(N(c2ccc(C3CCCC3)cc2)c2ccc3c(c2)c2ccccc2c2c4ccc(N(c5ccccc5)c5ccc(C6CCCC6)cc5)cc4c4ccccc4c32)cc1. The first-order valence-electron chi connectivity index (χ1n) is 22.9. The van der Waals surface area contributed by atoms with E-state index in [1.165, 1.54) is 128 Å². The summed E-state index contributed by atoms with van der Waals surface area (Å²) in [6.07, 6.45) is 10.6. The lowest BCUT2D eigenvalue weighted by molar-refractivity contribution is 0.723. The molecule has 0 atom stereocenters. The number of nitrogens with zero attached hydrogens (tertiary/aromatic N) is 2. The Morgan fingerprint density at radius 1 is 0.258 bits per heavy atom. The standard InChI is InChI=1S/C60H50N2/c1-3-19-45(20-4-1)61(47-31-27-43(28-32-47)41-15-7-8-16-41)49-35-37-55-57(39-49)51-23-11-13-25-53(51)60-56-38-36-50(40-58(56)52-24-12-14-26-54(52)59(55)60)62(46-21-5-2-6-22-46)48-33-29-44(30-34-48)42-17-9-10-18-42/h1-6,11-14,19-42H,7-10,15-18H2. The van der Waals surface area contributed by atoms with E-state index in [1.54, 1.807) is 0 Å². The molecule has 0 amide bonds. The summed E-state index contributed by atoms with van der Waals surface area (Å²) in [6, 6.07) is 73.0. The second kappa shape index (κ2) is 15.5. The third-order valence-electron chi connectivity index (χ3n) is 14.3. The van der Waals surface area contributed by atoms with Gasteiger partial charge in [0.05, 0.1) is 0 Å². The van der Waals surface area contributed by atoms with Gasteiger partial charge >= 0.3 is 0 Å². The Balaban J connectivity index is 1.05. The predicted molar refractivity (Wildman–Crippen MR) is 266 cm³/mol. The molecule has 62 heavy (non-hydrogen) atoms. The van der Waals surface area contributed by atoms with Crippen LogP contribution in [-0.2, 0) is 0 Å². The summed E-state index contributed by atoms with van der Waals surface area (Å²) >= 11 is 0. The summed E-state index contributed by atoms with van der Waals surface area (Å²) in [4.78, 5) is 4.86. The van der Waals surface area contributed by atoms with Crippen molar-refractivity contribution in [3.8, 4) is 0 Å². The molecular formula is C60H50N2. The van der Waals surface area contributed by atoms with Crippen molar-refractivity contribution in [2.45, 2.75) is 63.2 Å². The van der Waals surface area contributed by atoms with Gasteiger partial charge in [-0.3, -0.25) is 0 Å². The number of hydrogen-bond acceptors (Lipinski definition) is 2. The number of rotatable bonds is 8. The summed E-state index contributed by atoms with van der Waals surface area (Å²) in [7, 11) is 0. The average Bonchev–Trinajstić information content (AvgIpc) is 4.10. The third-order valence-corrected chi connectivity index (χ3v) is 14.3. The minimum Gasteiger partial charge on any atom is -0.310 e. The molecular weight excluding hydrogens is 749 g/mol. The average molecular weight is 799 g/mol. The molecule has 2 heteroatoms. The molecule has 0 aromatic heterocycles. The van der Waals surface area contributed by atoms with E-state index in [4.69, 9.17) is 0 Å². The smallest absolute Gasteiger partial charge is 0.0468 e. The van der Waals surface area contributed by atoms with Gasteiger partial charge in [0.2, 0.25) is 0 Å². The summed E-state index contributed by atoms with van der Waals surface area (Å²) in [5, 5.41) is 12.8. The molecule has 2 aliphatic carbocycles. The Bertz CT molecular complexity index is 3010. The van der Waals surface area contributed by atoms with Crippen molar-refractivity contribution < 1.29 is 0 Å². The second-order valence-corrected chi connectivity index (χ2v) is 17.8. The molecule has 0 aliphatic heterocycles. The van der Waals surface area contributed by atoms with E-state index in [-0.39, 0.29) is 0 Å². The zero-order chi connectivity index (χ0) is 41.0. The van der Waals surface area contributed by atoms with Crippen molar-refractivity contribution in [1.29, 1.82) is 0 Å². The van der Waals surface area contributed by atoms with Crippen LogP contribution in [0.1, 0.15) is 74.3 Å². The first-order chi connectivity index (χ1) is 30.8. The molecule has 300 valence electrons. The maximum Gasteiger partial charge on any atom is 0.0468 e. The van der Waals surface area contributed by atoms with Crippen LogP contribution in [0, 0.1) is 0 Å². The highest BCUT2D eigenvalue weighted by atomic mass is 15.1. The van der Waals surface area contributed by atoms with Crippen molar-refractivity contribution in [3.63, 3.8) is 0 Å². The maximum absolute atomic E-state index is 2.44. The molecule has 12 rings (SSSR count). The van der Waals surface area contributed by atoms with Gasteiger partial charge < -0.3 is 9.80 Å². The van der Waals surface area contributed by atoms with Crippen LogP contribution in [-0.4, -0.2) is 0 Å². The summed E-state index contributed by atoms with van der Waals surface area (Å²) < 4.78 is 0. The van der Waals surface area contributed by atoms with E-state index in [2.05, 4.69) is 204 Å². The quantitative estimate of drug-likeness (QED) is 0.141. The van der Waals surface area contributed by atoms with E-state index in [0.717, 1.165) is 22.7 Å². The molecule has 0 spiro atoms. The van der Waals surface area contributed by atoms with Gasteiger partial charge in [-0.2, -0.15) is 0 Å². The van der Waals surface area contributed by atoms with Crippen LogP contribution in [0.25, 0.3) is 53.9 Å². The van der Waals surface area contributed by atoms with Crippen LogP contribution in [0.3, 0.4) is 0 Å². The van der Waals surface area contributed by atoms with Crippen molar-refractivity contribution in [2.75, 3.05) is 9.80 Å². The highest BCUT2D eigenvalue weighted by Crippen LogP contribution is 2.48. The van der Waals surface area contributed by atoms with Crippen LogP contribution in [0.5, 0.6) is 0 Å². The van der Waals surface area contributed by atoms with Gasteiger partial charge in [-0.25, -0.2) is 0 Å². The zero-order valence-electron chi connectivity index (χ0n) is 35.2. The second-order valence-electron chi connectivity index (χ2n) is 17.8. The highest BCUT2D eigenvalue weighted by Gasteiger charge is 2.23. The summed E-state index contributed by atoms with van der Waals surface area (Å²) in [5.41, 5.74) is 9.96. The van der Waals surface area contributed by atoms with E-state index >= 15 is 0 Å². The molecule has 0 unspecified atom stereocenters. The molecule has 2 saturated carbocycles. The highest BCUT2D eigenvalue weighted by molar-refractivity contribution is 6.39. The topological polar surface area (TPSA) is 6.48 Å². The van der Waals surface area contributed by atoms with Crippen molar-refractivity contribution in [3.05, 3.63) is 205 Å². The van der Waals surface area contributed by atoms with Gasteiger partial charge in [0.25, 0.3) is 0 Å². The third kappa shape index (κ3) is 6.31. The van der Waals surface area contributed by atoms with Crippen LogP contribution in [0.15, 0.2) is 194 Å². The summed E-state index contributed by atoms with van der Waals surface area (Å²) in [6.45, 7) is 0. The van der Waals surface area contributed by atoms with Gasteiger partial charge in [0.1, 0.15) is 0 Å². The van der Waals surface area contributed by atoms with E-state index in [9.17, 15) is 0 Å². The fourth-order valence-electron chi connectivity index (χ4n) is 11.3. The number of para-hydroxylation sites is 2. The predicted octanol–water partition coefficient (Wildman–Crippen LogP) is 17.7. The summed E-state index contributed by atoms with van der Waals surface area (Å²) in [5.74, 6) is 1.38. The minimum absolute atomic E-state index is 0.688. The molecule has 0 radical (unpaired) electrons. The molecule has 2 aliphatic rings. The fraction of sp³-hybridized carbons (Fsp3) is 0.167. The van der Waals surface area contributed by atoms with Crippen LogP contribution < -0.4 is 9.80 Å². The van der Waals surface area contributed by atoms with E-state index < -0.39 is 0 Å². The van der Waals surface area contributed by atoms with Crippen molar-refractivity contribution in [1.82, 2.24) is 0 Å². The number of hydrogen-bond donors (Lipinski definition) is 0. The maximum atomic E-state index is 2.44. The molecule has 0 saturated heterocycles. The van der Waals surface area contributed by atoms with Crippen molar-refractivity contribution in [2.24, 2.45) is 0 Å². The van der Waals surface area contributed by atoms with Crippen LogP contribution in [0.4, 0.5) is 34.1 Å². The molecule has 0 heterocycles.